The van der Waals surface area contributed by atoms with Crippen LogP contribution in [0, 0.1) is 0 Å². The molecule has 4 aromatic rings. The van der Waals surface area contributed by atoms with Crippen LogP contribution < -0.4 is 15.9 Å². The van der Waals surface area contributed by atoms with E-state index in [9.17, 15) is 0 Å². The molecule has 0 spiro atoms. The van der Waals surface area contributed by atoms with Gasteiger partial charge in [0, 0.05) is 11.8 Å². The number of hydrogen-bond donors (Lipinski definition) is 0. The van der Waals surface area contributed by atoms with Crippen molar-refractivity contribution in [2.45, 2.75) is 65.2 Å². The molecule has 0 radical (unpaired) electrons. The summed E-state index contributed by atoms with van der Waals surface area (Å²) < 4.78 is 0. The molecule has 190 valence electrons. The summed E-state index contributed by atoms with van der Waals surface area (Å²) in [5.41, 5.74) is 5.20. The monoisotopic (exact) mass is 505 g/mol. The highest BCUT2D eigenvalue weighted by molar-refractivity contribution is 7.80. The van der Waals surface area contributed by atoms with Crippen molar-refractivity contribution in [3.05, 3.63) is 120 Å². The molecule has 0 atom stereocenters. The van der Waals surface area contributed by atoms with Gasteiger partial charge in [0.1, 0.15) is 0 Å². The highest BCUT2D eigenvalue weighted by Crippen LogP contribution is 2.40. The second-order valence-corrected chi connectivity index (χ2v) is 11.8. The van der Waals surface area contributed by atoms with Crippen LogP contribution in [0.5, 0.6) is 0 Å². The van der Waals surface area contributed by atoms with Crippen molar-refractivity contribution in [3.8, 4) is 0 Å². The minimum atomic E-state index is -0.691. The van der Waals surface area contributed by atoms with Crippen LogP contribution in [0.1, 0.15) is 81.9 Å². The van der Waals surface area contributed by atoms with Gasteiger partial charge in [0.15, 0.2) is 0 Å². The van der Waals surface area contributed by atoms with Crippen LogP contribution in [-0.2, 0) is 0 Å². The Balaban J connectivity index is 1.86. The molecule has 0 unspecified atom stereocenters. The molecule has 0 N–H and O–H groups in total. The van der Waals surface area contributed by atoms with Gasteiger partial charge in [-0.05, 0) is 72.5 Å². The fourth-order valence-corrected chi connectivity index (χ4v) is 7.78. The van der Waals surface area contributed by atoms with Crippen LogP contribution in [0.3, 0.4) is 0 Å². The molecule has 1 nitrogen and oxygen atoms in total. The van der Waals surface area contributed by atoms with Crippen molar-refractivity contribution in [2.24, 2.45) is 4.99 Å². The van der Waals surface area contributed by atoms with Crippen LogP contribution in [0.15, 0.2) is 108 Å². The van der Waals surface area contributed by atoms with E-state index >= 15 is 0 Å². The zero-order chi connectivity index (χ0) is 26.0. The molecule has 0 heterocycles. The molecule has 0 saturated heterocycles. The SMILES string of the molecule is CCC(CC)c1cccc(C(CC)CC)c1N=Cc1ccccc1P(c1ccccc1)c1ccccc1. The van der Waals surface area contributed by atoms with Crippen molar-refractivity contribution in [1.29, 1.82) is 0 Å². The Morgan fingerprint density at radius 3 is 1.51 bits per heavy atom. The average Bonchev–Trinajstić information content (AvgIpc) is 2.96. The van der Waals surface area contributed by atoms with E-state index in [1.807, 2.05) is 0 Å². The Morgan fingerprint density at radius 1 is 0.568 bits per heavy atom. The van der Waals surface area contributed by atoms with Crippen molar-refractivity contribution in [3.63, 3.8) is 0 Å². The Bertz CT molecular complexity index is 1200. The number of benzene rings is 4. The van der Waals surface area contributed by atoms with Crippen LogP contribution in [-0.4, -0.2) is 6.21 Å². The predicted octanol–water partition coefficient (Wildman–Crippen LogP) is 9.00. The summed E-state index contributed by atoms with van der Waals surface area (Å²) in [6, 6.07) is 37.6. The van der Waals surface area contributed by atoms with Gasteiger partial charge in [-0.3, -0.25) is 4.99 Å². The molecule has 0 aromatic heterocycles. The highest BCUT2D eigenvalue weighted by atomic mass is 31.1. The zero-order valence-corrected chi connectivity index (χ0v) is 23.7. The first-order chi connectivity index (χ1) is 18.2. The number of aliphatic imine (C=N–C) groups is 1. The van der Waals surface area contributed by atoms with Crippen LogP contribution in [0.2, 0.25) is 0 Å². The first kappa shape index (κ1) is 27.0. The fraction of sp³-hybridized carbons (Fsp3) is 0.286. The molecule has 0 aliphatic carbocycles. The second-order valence-electron chi connectivity index (χ2n) is 9.64. The topological polar surface area (TPSA) is 12.4 Å². The standard InChI is InChI=1S/C35H40NP/c1-5-27(6-2)32-23-17-24-33(28(7-3)8-4)35(32)36-26-29-18-15-16-25-34(29)37(30-19-11-9-12-20-30)31-21-13-10-14-22-31/h9-28H,5-8H2,1-4H3. The molecular weight excluding hydrogens is 465 g/mol. The van der Waals surface area contributed by atoms with Gasteiger partial charge in [-0.15, -0.1) is 0 Å². The lowest BCUT2D eigenvalue weighted by atomic mass is 9.85. The Kier molecular flexibility index (Phi) is 9.86. The lowest BCUT2D eigenvalue weighted by Crippen LogP contribution is -2.23. The van der Waals surface area contributed by atoms with E-state index in [0.717, 1.165) is 25.7 Å². The zero-order valence-electron chi connectivity index (χ0n) is 22.8. The summed E-state index contributed by atoms with van der Waals surface area (Å²) in [4.78, 5) is 5.33. The summed E-state index contributed by atoms with van der Waals surface area (Å²) in [7, 11) is -0.691. The fourth-order valence-electron chi connectivity index (χ4n) is 5.36. The summed E-state index contributed by atoms with van der Waals surface area (Å²) in [5.74, 6) is 1.06. The molecule has 0 fully saturated rings. The summed E-state index contributed by atoms with van der Waals surface area (Å²) in [5, 5.41) is 4.07. The van der Waals surface area contributed by atoms with E-state index in [1.54, 1.807) is 0 Å². The molecule has 0 bridgehead atoms. The molecule has 37 heavy (non-hydrogen) atoms. The van der Waals surface area contributed by atoms with Gasteiger partial charge in [0.2, 0.25) is 0 Å². The smallest absolute Gasteiger partial charge is 0.0699 e. The Hall–Kier alpha value is -3.02. The van der Waals surface area contributed by atoms with E-state index in [-0.39, 0.29) is 0 Å². The van der Waals surface area contributed by atoms with Crippen LogP contribution in [0.25, 0.3) is 0 Å². The third-order valence-electron chi connectivity index (χ3n) is 7.49. The van der Waals surface area contributed by atoms with E-state index in [4.69, 9.17) is 4.99 Å². The lowest BCUT2D eigenvalue weighted by Gasteiger charge is -2.23. The highest BCUT2D eigenvalue weighted by Gasteiger charge is 2.21. The maximum Gasteiger partial charge on any atom is 0.0699 e. The first-order valence-corrected chi connectivity index (χ1v) is 15.2. The molecular formula is C35H40NP. The molecule has 4 aromatic carbocycles. The Morgan fingerprint density at radius 2 is 1.03 bits per heavy atom. The summed E-state index contributed by atoms with van der Waals surface area (Å²) in [6.45, 7) is 9.20. The van der Waals surface area contributed by atoms with Gasteiger partial charge in [-0.2, -0.15) is 0 Å². The molecule has 4 rings (SSSR count). The molecule has 0 aliphatic rings. The molecule has 2 heteroatoms. The molecule has 0 saturated carbocycles. The number of hydrogen-bond acceptors (Lipinski definition) is 1. The normalized spacial score (nSPS) is 11.8. The second kappa shape index (κ2) is 13.5. The average molecular weight is 506 g/mol. The third kappa shape index (κ3) is 6.28. The predicted molar refractivity (Wildman–Crippen MR) is 165 cm³/mol. The van der Waals surface area contributed by atoms with Crippen molar-refractivity contribution >= 4 is 35.7 Å². The Labute approximate surface area is 225 Å². The quantitative estimate of drug-likeness (QED) is 0.142. The third-order valence-corrected chi connectivity index (χ3v) is 10.0. The van der Waals surface area contributed by atoms with E-state index in [0.29, 0.717) is 11.8 Å². The van der Waals surface area contributed by atoms with Gasteiger partial charge in [0.25, 0.3) is 0 Å². The number of para-hydroxylation sites is 1. The van der Waals surface area contributed by atoms with Gasteiger partial charge >= 0.3 is 0 Å². The molecule has 0 amide bonds. The molecule has 0 aliphatic heterocycles. The van der Waals surface area contributed by atoms with Crippen molar-refractivity contribution < 1.29 is 0 Å². The van der Waals surface area contributed by atoms with E-state index in [1.165, 1.54) is 38.3 Å². The number of rotatable bonds is 11. The first-order valence-electron chi connectivity index (χ1n) is 13.9. The van der Waals surface area contributed by atoms with Crippen LogP contribution >= 0.6 is 7.92 Å². The van der Waals surface area contributed by atoms with Crippen molar-refractivity contribution in [2.75, 3.05) is 0 Å². The minimum Gasteiger partial charge on any atom is -0.256 e. The van der Waals surface area contributed by atoms with E-state index < -0.39 is 7.92 Å². The largest absolute Gasteiger partial charge is 0.256 e. The number of nitrogens with zero attached hydrogens (tertiary/aromatic N) is 1. The minimum absolute atomic E-state index is 0.530. The summed E-state index contributed by atoms with van der Waals surface area (Å²) >= 11 is 0. The lowest BCUT2D eigenvalue weighted by molar-refractivity contribution is 0.625. The van der Waals surface area contributed by atoms with E-state index in [2.05, 4.69) is 137 Å². The van der Waals surface area contributed by atoms with Gasteiger partial charge in [-0.1, -0.05) is 131 Å². The van der Waals surface area contributed by atoms with Crippen molar-refractivity contribution in [1.82, 2.24) is 0 Å². The maximum absolute atomic E-state index is 5.33. The van der Waals surface area contributed by atoms with Gasteiger partial charge < -0.3 is 0 Å². The van der Waals surface area contributed by atoms with Gasteiger partial charge in [0.05, 0.1) is 5.69 Å². The maximum atomic E-state index is 5.33. The van der Waals surface area contributed by atoms with Gasteiger partial charge in [-0.25, -0.2) is 0 Å². The summed E-state index contributed by atoms with van der Waals surface area (Å²) in [6.07, 6.45) is 6.68. The van der Waals surface area contributed by atoms with Crippen LogP contribution in [0.4, 0.5) is 5.69 Å².